The van der Waals surface area contributed by atoms with Gasteiger partial charge in [-0.25, -0.2) is 4.98 Å². The summed E-state index contributed by atoms with van der Waals surface area (Å²) in [5, 5.41) is 4.79. The molecule has 1 aromatic heterocycles. The standard InChI is InChI=1S/C13H15N3O2S/c1-18-12-3-2-9(14)6-11(12)13(17)15-5-4-10-7-19-8-16-10/h2-3,6-8H,4-5,14H2,1H3,(H,15,17). The fourth-order valence-corrected chi connectivity index (χ4v) is 2.26. The smallest absolute Gasteiger partial charge is 0.255 e. The van der Waals surface area contributed by atoms with Crippen molar-refractivity contribution in [2.45, 2.75) is 6.42 Å². The van der Waals surface area contributed by atoms with Crippen LogP contribution in [0.2, 0.25) is 0 Å². The third-order valence-corrected chi connectivity index (χ3v) is 3.25. The van der Waals surface area contributed by atoms with E-state index >= 15 is 0 Å². The van der Waals surface area contributed by atoms with Crippen LogP contribution >= 0.6 is 11.3 Å². The van der Waals surface area contributed by atoms with Gasteiger partial charge in [-0.1, -0.05) is 0 Å². The summed E-state index contributed by atoms with van der Waals surface area (Å²) in [6, 6.07) is 4.99. The van der Waals surface area contributed by atoms with Crippen LogP contribution in [0, 0.1) is 0 Å². The Balaban J connectivity index is 1.97. The molecule has 0 aliphatic carbocycles. The topological polar surface area (TPSA) is 77.2 Å². The molecule has 3 N–H and O–H groups in total. The van der Waals surface area contributed by atoms with Crippen molar-refractivity contribution in [2.75, 3.05) is 19.4 Å². The van der Waals surface area contributed by atoms with Crippen LogP contribution in [0.3, 0.4) is 0 Å². The van der Waals surface area contributed by atoms with Gasteiger partial charge in [0.15, 0.2) is 0 Å². The lowest BCUT2D eigenvalue weighted by Gasteiger charge is -2.09. The Morgan fingerprint density at radius 1 is 1.53 bits per heavy atom. The molecule has 1 aromatic carbocycles. The van der Waals surface area contributed by atoms with Crippen molar-refractivity contribution in [3.63, 3.8) is 0 Å². The van der Waals surface area contributed by atoms with Gasteiger partial charge in [-0.05, 0) is 18.2 Å². The number of hydrogen-bond donors (Lipinski definition) is 2. The molecule has 0 atom stereocenters. The Hall–Kier alpha value is -2.08. The van der Waals surface area contributed by atoms with Crippen molar-refractivity contribution < 1.29 is 9.53 Å². The van der Waals surface area contributed by atoms with E-state index in [2.05, 4.69) is 10.3 Å². The van der Waals surface area contributed by atoms with Gasteiger partial charge >= 0.3 is 0 Å². The molecule has 0 aliphatic rings. The number of ether oxygens (including phenoxy) is 1. The van der Waals surface area contributed by atoms with E-state index in [1.54, 1.807) is 35.0 Å². The molecule has 2 aromatic rings. The van der Waals surface area contributed by atoms with Gasteiger partial charge in [0.25, 0.3) is 5.91 Å². The van der Waals surface area contributed by atoms with Crippen LogP contribution in [0.25, 0.3) is 0 Å². The number of nitrogens with one attached hydrogen (secondary N) is 1. The second kappa shape index (κ2) is 6.19. The number of nitrogens with two attached hydrogens (primary N) is 1. The number of carbonyl (C=O) groups excluding carboxylic acids is 1. The molecule has 0 saturated carbocycles. The van der Waals surface area contributed by atoms with Crippen LogP contribution in [0.4, 0.5) is 5.69 Å². The summed E-state index contributed by atoms with van der Waals surface area (Å²) in [5.41, 5.74) is 9.41. The van der Waals surface area contributed by atoms with Crippen LogP contribution in [0.1, 0.15) is 16.1 Å². The molecule has 0 fully saturated rings. The number of amides is 1. The van der Waals surface area contributed by atoms with E-state index in [4.69, 9.17) is 10.5 Å². The van der Waals surface area contributed by atoms with Crippen molar-refractivity contribution in [1.82, 2.24) is 10.3 Å². The highest BCUT2D eigenvalue weighted by atomic mass is 32.1. The van der Waals surface area contributed by atoms with E-state index < -0.39 is 0 Å². The normalized spacial score (nSPS) is 10.2. The molecule has 6 heteroatoms. The molecule has 0 radical (unpaired) electrons. The van der Waals surface area contributed by atoms with Gasteiger partial charge in [0.1, 0.15) is 5.75 Å². The minimum Gasteiger partial charge on any atom is -0.496 e. The summed E-state index contributed by atoms with van der Waals surface area (Å²) in [7, 11) is 1.53. The highest BCUT2D eigenvalue weighted by Crippen LogP contribution is 2.20. The number of methoxy groups -OCH3 is 1. The molecule has 0 bridgehead atoms. The predicted molar refractivity (Wildman–Crippen MR) is 75.6 cm³/mol. The second-order valence-corrected chi connectivity index (χ2v) is 4.66. The maximum atomic E-state index is 12.0. The number of hydrogen-bond acceptors (Lipinski definition) is 5. The zero-order chi connectivity index (χ0) is 13.7. The second-order valence-electron chi connectivity index (χ2n) is 3.95. The van der Waals surface area contributed by atoms with E-state index in [0.717, 1.165) is 5.69 Å². The van der Waals surface area contributed by atoms with E-state index in [0.29, 0.717) is 30.0 Å². The van der Waals surface area contributed by atoms with Gasteiger partial charge in [0, 0.05) is 24.0 Å². The number of benzene rings is 1. The van der Waals surface area contributed by atoms with Crippen molar-refractivity contribution in [1.29, 1.82) is 0 Å². The fraction of sp³-hybridized carbons (Fsp3) is 0.231. The lowest BCUT2D eigenvalue weighted by Crippen LogP contribution is -2.26. The lowest BCUT2D eigenvalue weighted by atomic mass is 10.1. The molecule has 5 nitrogen and oxygen atoms in total. The molecule has 100 valence electrons. The zero-order valence-corrected chi connectivity index (χ0v) is 11.4. The molecule has 0 spiro atoms. The van der Waals surface area contributed by atoms with Gasteiger partial charge in [0.05, 0.1) is 23.9 Å². The van der Waals surface area contributed by atoms with Gasteiger partial charge in [-0.2, -0.15) is 0 Å². The first-order valence-electron chi connectivity index (χ1n) is 5.79. The number of nitrogens with zero attached hydrogens (tertiary/aromatic N) is 1. The molecule has 2 rings (SSSR count). The molecular formula is C13H15N3O2S. The van der Waals surface area contributed by atoms with Gasteiger partial charge in [-0.3, -0.25) is 4.79 Å². The summed E-state index contributed by atoms with van der Waals surface area (Å²) in [6.45, 7) is 0.528. The highest BCUT2D eigenvalue weighted by molar-refractivity contribution is 7.07. The minimum atomic E-state index is -0.195. The van der Waals surface area contributed by atoms with Crippen LogP contribution in [0.5, 0.6) is 5.75 Å². The van der Waals surface area contributed by atoms with Gasteiger partial charge in [-0.15, -0.1) is 11.3 Å². The van der Waals surface area contributed by atoms with Crippen LogP contribution in [0.15, 0.2) is 29.1 Å². The third kappa shape index (κ3) is 3.45. The van der Waals surface area contributed by atoms with Crippen molar-refractivity contribution in [3.05, 3.63) is 40.3 Å². The van der Waals surface area contributed by atoms with Crippen molar-refractivity contribution in [2.24, 2.45) is 0 Å². The monoisotopic (exact) mass is 277 g/mol. The van der Waals surface area contributed by atoms with Crippen LogP contribution in [-0.2, 0) is 6.42 Å². The Morgan fingerprint density at radius 2 is 2.37 bits per heavy atom. The summed E-state index contributed by atoms with van der Waals surface area (Å²) >= 11 is 1.54. The largest absolute Gasteiger partial charge is 0.496 e. The maximum Gasteiger partial charge on any atom is 0.255 e. The van der Waals surface area contributed by atoms with E-state index in [1.165, 1.54) is 7.11 Å². The number of thiazole rings is 1. The Labute approximate surface area is 115 Å². The predicted octanol–water partition coefficient (Wildman–Crippen LogP) is 1.71. The lowest BCUT2D eigenvalue weighted by molar-refractivity contribution is 0.0951. The third-order valence-electron chi connectivity index (χ3n) is 2.62. The number of aromatic nitrogens is 1. The zero-order valence-electron chi connectivity index (χ0n) is 10.6. The average Bonchev–Trinajstić information content (AvgIpc) is 2.91. The molecule has 1 amide bonds. The average molecular weight is 277 g/mol. The number of rotatable bonds is 5. The summed E-state index contributed by atoms with van der Waals surface area (Å²) in [6.07, 6.45) is 0.708. The number of anilines is 1. The van der Waals surface area contributed by atoms with Crippen molar-refractivity contribution in [3.8, 4) is 5.75 Å². The first-order valence-corrected chi connectivity index (χ1v) is 6.74. The summed E-state index contributed by atoms with van der Waals surface area (Å²) in [5.74, 6) is 0.319. The highest BCUT2D eigenvalue weighted by Gasteiger charge is 2.12. The van der Waals surface area contributed by atoms with Gasteiger partial charge in [0.2, 0.25) is 0 Å². The van der Waals surface area contributed by atoms with Crippen LogP contribution in [-0.4, -0.2) is 24.5 Å². The number of carbonyl (C=O) groups is 1. The van der Waals surface area contributed by atoms with Crippen LogP contribution < -0.4 is 15.8 Å². The fourth-order valence-electron chi connectivity index (χ4n) is 1.66. The Kier molecular flexibility index (Phi) is 4.35. The van der Waals surface area contributed by atoms with E-state index in [-0.39, 0.29) is 5.91 Å². The van der Waals surface area contributed by atoms with Gasteiger partial charge < -0.3 is 15.8 Å². The summed E-state index contributed by atoms with van der Waals surface area (Å²) < 4.78 is 5.15. The first kappa shape index (κ1) is 13.4. The SMILES string of the molecule is COc1ccc(N)cc1C(=O)NCCc1cscn1. The molecule has 0 unspecified atom stereocenters. The molecule has 19 heavy (non-hydrogen) atoms. The minimum absolute atomic E-state index is 0.195. The number of nitrogen functional groups attached to an aromatic ring is 1. The molecule has 0 aliphatic heterocycles. The molecule has 1 heterocycles. The summed E-state index contributed by atoms with van der Waals surface area (Å²) in [4.78, 5) is 16.2. The quantitative estimate of drug-likeness (QED) is 0.816. The maximum absolute atomic E-state index is 12.0. The van der Waals surface area contributed by atoms with Crippen molar-refractivity contribution >= 4 is 22.9 Å². The molecule has 0 saturated heterocycles. The Morgan fingerprint density at radius 3 is 3.05 bits per heavy atom. The van der Waals surface area contributed by atoms with E-state index in [9.17, 15) is 4.79 Å². The molecular weight excluding hydrogens is 262 g/mol. The van der Waals surface area contributed by atoms with E-state index in [1.807, 2.05) is 5.38 Å². The first-order chi connectivity index (χ1) is 9.20. The Bertz CT molecular complexity index is 555.